The van der Waals surface area contributed by atoms with Crippen LogP contribution in [0, 0.1) is 0 Å². The van der Waals surface area contributed by atoms with Crippen LogP contribution in [0.1, 0.15) is 36.8 Å². The quantitative estimate of drug-likeness (QED) is 0.678. The summed E-state index contributed by atoms with van der Waals surface area (Å²) in [6, 6.07) is 15.1. The third kappa shape index (κ3) is 5.08. The summed E-state index contributed by atoms with van der Waals surface area (Å²) in [5.74, 6) is 0.388. The van der Waals surface area contributed by atoms with E-state index in [9.17, 15) is 9.59 Å². The monoisotopic (exact) mass is 397 g/mol. The Bertz CT molecular complexity index is 823. The summed E-state index contributed by atoms with van der Waals surface area (Å²) >= 11 is 0. The Hall–Kier alpha value is -3.02. The van der Waals surface area contributed by atoms with E-state index in [0.717, 1.165) is 42.6 Å². The molecule has 2 N–H and O–H groups in total. The third-order valence-electron chi connectivity index (χ3n) is 5.52. The van der Waals surface area contributed by atoms with Crippen LogP contribution in [0.4, 0.5) is 0 Å². The summed E-state index contributed by atoms with van der Waals surface area (Å²) in [6.07, 6.45) is 4.53. The molecular weight excluding hydrogens is 370 g/mol. The fourth-order valence-electron chi connectivity index (χ4n) is 3.92. The van der Waals surface area contributed by atoms with Crippen LogP contribution in [0.15, 0.2) is 48.5 Å². The number of amides is 1. The number of nitrogens with one attached hydrogen (secondary N) is 1. The lowest BCUT2D eigenvalue weighted by atomic mass is 9.78. The van der Waals surface area contributed by atoms with E-state index in [1.165, 1.54) is 0 Å². The molecule has 0 unspecified atom stereocenters. The van der Waals surface area contributed by atoms with Gasteiger partial charge in [0.05, 0.1) is 12.5 Å². The molecule has 1 amide bonds. The van der Waals surface area contributed by atoms with Crippen LogP contribution in [0.25, 0.3) is 0 Å². The third-order valence-corrected chi connectivity index (χ3v) is 5.52. The maximum Gasteiger partial charge on any atom is 0.341 e. The summed E-state index contributed by atoms with van der Waals surface area (Å²) in [4.78, 5) is 23.6. The molecule has 6 heteroatoms. The first-order chi connectivity index (χ1) is 14.0. The standard InChI is InChI=1S/C23H27NO5/c1-28-19-10-6-18(7-11-19)23(13-2-3-14-23)22(27)24-15-12-17-4-8-20(9-5-17)29-16-21(25)26/h4-11H,2-3,12-16H2,1H3,(H,24,27)(H,25,26). The van der Waals surface area contributed by atoms with Gasteiger partial charge in [-0.1, -0.05) is 37.1 Å². The molecule has 0 heterocycles. The molecule has 1 fully saturated rings. The molecule has 6 nitrogen and oxygen atoms in total. The average Bonchev–Trinajstić information content (AvgIpc) is 3.24. The zero-order valence-electron chi connectivity index (χ0n) is 16.6. The molecule has 3 rings (SSSR count). The van der Waals surface area contributed by atoms with Crippen molar-refractivity contribution in [3.63, 3.8) is 0 Å². The number of carbonyl (C=O) groups excluding carboxylic acids is 1. The minimum atomic E-state index is -1.01. The first kappa shape index (κ1) is 20.7. The first-order valence-corrected chi connectivity index (χ1v) is 9.90. The highest BCUT2D eigenvalue weighted by Gasteiger charge is 2.42. The van der Waals surface area contributed by atoms with E-state index < -0.39 is 11.4 Å². The Morgan fingerprint density at radius 3 is 2.21 bits per heavy atom. The fourth-order valence-corrected chi connectivity index (χ4v) is 3.92. The number of carboxylic acid groups (broad SMARTS) is 1. The van der Waals surface area contributed by atoms with Gasteiger partial charge in [0.15, 0.2) is 6.61 Å². The molecule has 2 aromatic rings. The topological polar surface area (TPSA) is 84.9 Å². The van der Waals surface area contributed by atoms with Gasteiger partial charge in [0, 0.05) is 6.54 Å². The highest BCUT2D eigenvalue weighted by molar-refractivity contribution is 5.88. The maximum atomic E-state index is 13.1. The number of aliphatic carboxylic acids is 1. The van der Waals surface area contributed by atoms with Crippen LogP contribution in [-0.4, -0.2) is 37.2 Å². The van der Waals surface area contributed by atoms with Crippen molar-refractivity contribution in [1.29, 1.82) is 0 Å². The van der Waals surface area contributed by atoms with E-state index in [-0.39, 0.29) is 12.5 Å². The lowest BCUT2D eigenvalue weighted by molar-refractivity contribution is -0.139. The molecule has 29 heavy (non-hydrogen) atoms. The van der Waals surface area contributed by atoms with Crippen LogP contribution < -0.4 is 14.8 Å². The van der Waals surface area contributed by atoms with Crippen molar-refractivity contribution in [2.75, 3.05) is 20.3 Å². The van der Waals surface area contributed by atoms with E-state index in [2.05, 4.69) is 5.32 Å². The molecule has 1 aliphatic carbocycles. The van der Waals surface area contributed by atoms with Gasteiger partial charge in [0.25, 0.3) is 0 Å². The van der Waals surface area contributed by atoms with Crippen molar-refractivity contribution < 1.29 is 24.2 Å². The van der Waals surface area contributed by atoms with Crippen molar-refractivity contribution in [2.24, 2.45) is 0 Å². The van der Waals surface area contributed by atoms with Gasteiger partial charge in [-0.2, -0.15) is 0 Å². The molecule has 0 saturated heterocycles. The molecule has 1 aliphatic rings. The van der Waals surface area contributed by atoms with E-state index in [1.54, 1.807) is 19.2 Å². The van der Waals surface area contributed by atoms with Gasteiger partial charge in [0.1, 0.15) is 11.5 Å². The van der Waals surface area contributed by atoms with Crippen LogP contribution in [0.5, 0.6) is 11.5 Å². The zero-order valence-corrected chi connectivity index (χ0v) is 16.6. The Morgan fingerprint density at radius 2 is 1.62 bits per heavy atom. The van der Waals surface area contributed by atoms with Crippen LogP contribution in [0.2, 0.25) is 0 Å². The average molecular weight is 397 g/mol. The normalized spacial score (nSPS) is 14.9. The predicted octanol–water partition coefficient (Wildman–Crippen LogP) is 3.33. The minimum Gasteiger partial charge on any atom is -0.497 e. The second kappa shape index (κ2) is 9.45. The van der Waals surface area contributed by atoms with E-state index >= 15 is 0 Å². The molecular formula is C23H27NO5. The van der Waals surface area contributed by atoms with Gasteiger partial charge in [-0.3, -0.25) is 4.79 Å². The number of carboxylic acids is 1. The predicted molar refractivity (Wildman–Crippen MR) is 109 cm³/mol. The Labute approximate surface area is 170 Å². The van der Waals surface area contributed by atoms with Crippen molar-refractivity contribution >= 4 is 11.9 Å². The van der Waals surface area contributed by atoms with Crippen LogP contribution >= 0.6 is 0 Å². The number of ether oxygens (including phenoxy) is 2. The molecule has 2 aromatic carbocycles. The van der Waals surface area contributed by atoms with Gasteiger partial charge < -0.3 is 19.9 Å². The summed E-state index contributed by atoms with van der Waals surface area (Å²) in [5.41, 5.74) is 1.65. The van der Waals surface area contributed by atoms with Gasteiger partial charge in [-0.15, -0.1) is 0 Å². The second-order valence-electron chi connectivity index (χ2n) is 7.35. The lowest BCUT2D eigenvalue weighted by Gasteiger charge is -2.28. The lowest BCUT2D eigenvalue weighted by Crippen LogP contribution is -2.43. The van der Waals surface area contributed by atoms with Gasteiger partial charge in [0.2, 0.25) is 5.91 Å². The summed E-state index contributed by atoms with van der Waals surface area (Å²) in [5, 5.41) is 11.8. The van der Waals surface area contributed by atoms with E-state index in [1.807, 2.05) is 36.4 Å². The smallest absolute Gasteiger partial charge is 0.341 e. The molecule has 0 bridgehead atoms. The summed E-state index contributed by atoms with van der Waals surface area (Å²) < 4.78 is 10.4. The molecule has 0 aliphatic heterocycles. The second-order valence-corrected chi connectivity index (χ2v) is 7.35. The number of hydrogen-bond acceptors (Lipinski definition) is 4. The largest absolute Gasteiger partial charge is 0.497 e. The van der Waals surface area contributed by atoms with Crippen molar-refractivity contribution in [2.45, 2.75) is 37.5 Å². The fraction of sp³-hybridized carbons (Fsp3) is 0.391. The van der Waals surface area contributed by atoms with Crippen molar-refractivity contribution in [1.82, 2.24) is 5.32 Å². The van der Waals surface area contributed by atoms with Crippen LogP contribution in [-0.2, 0) is 21.4 Å². The Kier molecular flexibility index (Phi) is 6.75. The Morgan fingerprint density at radius 1 is 1.00 bits per heavy atom. The highest BCUT2D eigenvalue weighted by Crippen LogP contribution is 2.41. The van der Waals surface area contributed by atoms with Crippen LogP contribution in [0.3, 0.4) is 0 Å². The number of hydrogen-bond donors (Lipinski definition) is 2. The van der Waals surface area contributed by atoms with Crippen molar-refractivity contribution in [3.8, 4) is 11.5 Å². The van der Waals surface area contributed by atoms with Gasteiger partial charge in [-0.25, -0.2) is 4.79 Å². The Balaban J connectivity index is 1.57. The summed E-state index contributed by atoms with van der Waals surface area (Å²) in [6.45, 7) is 0.189. The highest BCUT2D eigenvalue weighted by atomic mass is 16.5. The SMILES string of the molecule is COc1ccc(C2(C(=O)NCCc3ccc(OCC(=O)O)cc3)CCCC2)cc1. The molecule has 1 saturated carbocycles. The number of carbonyl (C=O) groups is 2. The van der Waals surface area contributed by atoms with Crippen molar-refractivity contribution in [3.05, 3.63) is 59.7 Å². The zero-order chi connectivity index (χ0) is 20.7. The maximum absolute atomic E-state index is 13.1. The minimum absolute atomic E-state index is 0.0848. The first-order valence-electron chi connectivity index (χ1n) is 9.90. The molecule has 0 radical (unpaired) electrons. The van der Waals surface area contributed by atoms with E-state index in [4.69, 9.17) is 14.6 Å². The molecule has 0 spiro atoms. The van der Waals surface area contributed by atoms with Gasteiger partial charge >= 0.3 is 5.97 Å². The van der Waals surface area contributed by atoms with Gasteiger partial charge in [-0.05, 0) is 54.7 Å². The number of benzene rings is 2. The molecule has 154 valence electrons. The number of rotatable bonds is 9. The molecule has 0 atom stereocenters. The summed E-state index contributed by atoms with van der Waals surface area (Å²) in [7, 11) is 1.64. The van der Waals surface area contributed by atoms with E-state index in [0.29, 0.717) is 18.7 Å². The molecule has 0 aromatic heterocycles. The number of methoxy groups -OCH3 is 1.